The molecule has 1 aromatic rings. The lowest BCUT2D eigenvalue weighted by atomic mass is 9.94. The number of halogens is 1. The van der Waals surface area contributed by atoms with E-state index in [1.54, 1.807) is 13.8 Å². The minimum absolute atomic E-state index is 0.266. The summed E-state index contributed by atoms with van der Waals surface area (Å²) in [6.07, 6.45) is 0. The van der Waals surface area contributed by atoms with E-state index in [0.717, 1.165) is 0 Å². The van der Waals surface area contributed by atoms with Crippen LogP contribution in [0.3, 0.4) is 0 Å². The lowest BCUT2D eigenvalue weighted by molar-refractivity contribution is 0.374. The summed E-state index contributed by atoms with van der Waals surface area (Å²) in [6.45, 7) is 3.27. The van der Waals surface area contributed by atoms with E-state index in [2.05, 4.69) is 0 Å². The molecule has 0 spiro atoms. The molecule has 3 nitrogen and oxygen atoms in total. The quantitative estimate of drug-likeness (QED) is 0.620. The van der Waals surface area contributed by atoms with Crippen molar-refractivity contribution in [3.8, 4) is 11.5 Å². The minimum Gasteiger partial charge on any atom is -0.505 e. The van der Waals surface area contributed by atoms with Crippen molar-refractivity contribution in [1.29, 1.82) is 0 Å². The van der Waals surface area contributed by atoms with E-state index < -0.39 is 22.9 Å². The van der Waals surface area contributed by atoms with Crippen LogP contribution in [-0.2, 0) is 5.54 Å². The molecule has 0 fully saturated rings. The zero-order valence-corrected chi connectivity index (χ0v) is 7.50. The molecule has 4 N–H and O–H groups in total. The Morgan fingerprint density at radius 3 is 2.31 bits per heavy atom. The van der Waals surface area contributed by atoms with Gasteiger partial charge >= 0.3 is 0 Å². The Balaban J connectivity index is 3.35. The highest BCUT2D eigenvalue weighted by molar-refractivity contribution is 5.44. The monoisotopic (exact) mass is 185 g/mol. The van der Waals surface area contributed by atoms with Gasteiger partial charge in [-0.3, -0.25) is 0 Å². The van der Waals surface area contributed by atoms with E-state index in [4.69, 9.17) is 10.8 Å². The van der Waals surface area contributed by atoms with Gasteiger partial charge in [0.05, 0.1) is 0 Å². The lowest BCUT2D eigenvalue weighted by Crippen LogP contribution is -2.28. The van der Waals surface area contributed by atoms with Crippen molar-refractivity contribution in [1.82, 2.24) is 0 Å². The summed E-state index contributed by atoms with van der Waals surface area (Å²) < 4.78 is 13.0. The summed E-state index contributed by atoms with van der Waals surface area (Å²) in [6, 6.07) is 2.56. The van der Waals surface area contributed by atoms with Gasteiger partial charge in [0, 0.05) is 11.1 Å². The van der Waals surface area contributed by atoms with Crippen LogP contribution in [0.2, 0.25) is 0 Å². The standard InChI is InChI=1S/C9H12FNO2/c1-9(2,11)5-3-4-6(12)7(10)8(5)13/h3-4,12-13H,11H2,1-2H3. The van der Waals surface area contributed by atoms with E-state index in [9.17, 15) is 9.50 Å². The summed E-state index contributed by atoms with van der Waals surface area (Å²) in [5.74, 6) is -2.20. The van der Waals surface area contributed by atoms with Crippen molar-refractivity contribution in [2.24, 2.45) is 5.73 Å². The summed E-state index contributed by atoms with van der Waals surface area (Å²) in [5, 5.41) is 18.2. The molecule has 0 saturated carbocycles. The Hall–Kier alpha value is -1.29. The first-order valence-corrected chi connectivity index (χ1v) is 3.84. The topological polar surface area (TPSA) is 66.5 Å². The molecule has 0 atom stereocenters. The fraction of sp³-hybridized carbons (Fsp3) is 0.333. The number of nitrogens with two attached hydrogens (primary N) is 1. The highest BCUT2D eigenvalue weighted by Gasteiger charge is 2.22. The first kappa shape index (κ1) is 9.80. The maximum absolute atomic E-state index is 13.0. The molecule has 4 heteroatoms. The van der Waals surface area contributed by atoms with Crippen molar-refractivity contribution >= 4 is 0 Å². The first-order chi connectivity index (χ1) is 5.84. The summed E-state index contributed by atoms with van der Waals surface area (Å²) in [4.78, 5) is 0. The predicted molar refractivity (Wildman–Crippen MR) is 46.9 cm³/mol. The molecule has 0 radical (unpaired) electrons. The van der Waals surface area contributed by atoms with Crippen LogP contribution in [0.15, 0.2) is 12.1 Å². The highest BCUT2D eigenvalue weighted by atomic mass is 19.1. The Bertz CT molecular complexity index is 331. The molecule has 0 aliphatic heterocycles. The molecule has 1 rings (SSSR count). The van der Waals surface area contributed by atoms with Gasteiger partial charge in [-0.05, 0) is 26.0 Å². The number of hydrogen-bond donors (Lipinski definition) is 3. The van der Waals surface area contributed by atoms with E-state index >= 15 is 0 Å². The van der Waals surface area contributed by atoms with Gasteiger partial charge in [-0.25, -0.2) is 0 Å². The molecule has 0 saturated heterocycles. The molecule has 0 unspecified atom stereocenters. The SMILES string of the molecule is CC(C)(N)c1ccc(O)c(F)c1O. The van der Waals surface area contributed by atoms with Gasteiger partial charge in [-0.1, -0.05) is 0 Å². The second-order valence-electron chi connectivity index (χ2n) is 3.52. The van der Waals surface area contributed by atoms with Crippen LogP contribution in [0.4, 0.5) is 4.39 Å². The maximum Gasteiger partial charge on any atom is 0.206 e. The van der Waals surface area contributed by atoms with Crippen LogP contribution in [0.5, 0.6) is 11.5 Å². The average Bonchev–Trinajstić information content (AvgIpc) is 1.98. The number of hydrogen-bond acceptors (Lipinski definition) is 3. The summed E-state index contributed by atoms with van der Waals surface area (Å²) >= 11 is 0. The van der Waals surface area contributed by atoms with Gasteiger partial charge < -0.3 is 15.9 Å². The molecule has 0 aliphatic carbocycles. The van der Waals surface area contributed by atoms with E-state index in [-0.39, 0.29) is 5.56 Å². The third kappa shape index (κ3) is 1.72. The van der Waals surface area contributed by atoms with Crippen LogP contribution < -0.4 is 5.73 Å². The first-order valence-electron chi connectivity index (χ1n) is 3.84. The molecular formula is C9H12FNO2. The van der Waals surface area contributed by atoms with Crippen molar-refractivity contribution in [2.45, 2.75) is 19.4 Å². The molecule has 0 amide bonds. The van der Waals surface area contributed by atoms with Crippen LogP contribution >= 0.6 is 0 Å². The van der Waals surface area contributed by atoms with Gasteiger partial charge in [-0.15, -0.1) is 0 Å². The van der Waals surface area contributed by atoms with Crippen molar-refractivity contribution in [3.05, 3.63) is 23.5 Å². The average molecular weight is 185 g/mol. The van der Waals surface area contributed by atoms with Crippen LogP contribution in [0, 0.1) is 5.82 Å². The van der Waals surface area contributed by atoms with Gasteiger partial charge in [0.2, 0.25) is 5.82 Å². The van der Waals surface area contributed by atoms with Crippen molar-refractivity contribution < 1.29 is 14.6 Å². The third-order valence-corrected chi connectivity index (χ3v) is 1.79. The summed E-state index contributed by atoms with van der Waals surface area (Å²) in [7, 11) is 0. The zero-order chi connectivity index (χ0) is 10.2. The van der Waals surface area contributed by atoms with E-state index in [1.165, 1.54) is 12.1 Å². The Labute approximate surface area is 75.6 Å². The van der Waals surface area contributed by atoms with Crippen LogP contribution in [0.25, 0.3) is 0 Å². The minimum atomic E-state index is -1.03. The zero-order valence-electron chi connectivity index (χ0n) is 7.50. The van der Waals surface area contributed by atoms with Crippen molar-refractivity contribution in [2.75, 3.05) is 0 Å². The fourth-order valence-electron chi connectivity index (χ4n) is 1.07. The van der Waals surface area contributed by atoms with E-state index in [0.29, 0.717) is 0 Å². The van der Waals surface area contributed by atoms with Gasteiger partial charge in [-0.2, -0.15) is 4.39 Å². The van der Waals surface area contributed by atoms with Crippen LogP contribution in [0.1, 0.15) is 19.4 Å². The van der Waals surface area contributed by atoms with Crippen LogP contribution in [-0.4, -0.2) is 10.2 Å². The number of benzene rings is 1. The number of phenolic OH excluding ortho intramolecular Hbond substituents is 2. The van der Waals surface area contributed by atoms with E-state index in [1.807, 2.05) is 0 Å². The normalized spacial score (nSPS) is 11.7. The second-order valence-corrected chi connectivity index (χ2v) is 3.52. The van der Waals surface area contributed by atoms with Crippen molar-refractivity contribution in [3.63, 3.8) is 0 Å². The number of aromatic hydroxyl groups is 2. The molecular weight excluding hydrogens is 173 g/mol. The largest absolute Gasteiger partial charge is 0.505 e. The van der Waals surface area contributed by atoms with Gasteiger partial charge in [0.25, 0.3) is 0 Å². The Kier molecular flexibility index (Phi) is 2.17. The fourth-order valence-corrected chi connectivity index (χ4v) is 1.07. The van der Waals surface area contributed by atoms with Gasteiger partial charge in [0.15, 0.2) is 11.5 Å². The Morgan fingerprint density at radius 2 is 1.85 bits per heavy atom. The second kappa shape index (κ2) is 2.88. The molecule has 1 aromatic carbocycles. The van der Waals surface area contributed by atoms with Gasteiger partial charge in [0.1, 0.15) is 0 Å². The number of phenols is 2. The maximum atomic E-state index is 13.0. The third-order valence-electron chi connectivity index (χ3n) is 1.79. The number of rotatable bonds is 1. The molecule has 72 valence electrons. The summed E-state index contributed by atoms with van der Waals surface area (Å²) in [5.41, 5.74) is 5.10. The smallest absolute Gasteiger partial charge is 0.206 e. The molecule has 0 bridgehead atoms. The molecule has 13 heavy (non-hydrogen) atoms. The Morgan fingerprint density at radius 1 is 1.31 bits per heavy atom. The lowest BCUT2D eigenvalue weighted by Gasteiger charge is -2.20. The molecule has 0 aliphatic rings. The molecule has 0 heterocycles. The highest BCUT2D eigenvalue weighted by Crippen LogP contribution is 2.33. The molecule has 0 aromatic heterocycles. The predicted octanol–water partition coefficient (Wildman–Crippen LogP) is 1.43.